The van der Waals surface area contributed by atoms with E-state index < -0.39 is 11.9 Å². The number of fused-ring (bicyclic) bond motifs is 1. The van der Waals surface area contributed by atoms with Gasteiger partial charge in [0.05, 0.1) is 0 Å². The summed E-state index contributed by atoms with van der Waals surface area (Å²) in [6.07, 6.45) is 0. The van der Waals surface area contributed by atoms with Crippen LogP contribution in [0.25, 0.3) is 11.0 Å². The van der Waals surface area contributed by atoms with Gasteiger partial charge in [0, 0.05) is 0 Å². The van der Waals surface area contributed by atoms with Gasteiger partial charge in [0.25, 0.3) is 0 Å². The molecule has 0 saturated heterocycles. The molecule has 0 amide bonds. The van der Waals surface area contributed by atoms with E-state index in [9.17, 15) is 0 Å². The summed E-state index contributed by atoms with van der Waals surface area (Å²) < 4.78 is 6.00. The van der Waals surface area contributed by atoms with Crippen LogP contribution in [0.15, 0.2) is 22.8 Å². The van der Waals surface area contributed by atoms with Crippen LogP contribution in [0.4, 0.5) is 0 Å². The van der Waals surface area contributed by atoms with Crippen molar-refractivity contribution >= 4 is 60.1 Å². The molecule has 0 atom stereocenters. The third-order valence-corrected chi connectivity index (χ3v) is 9.31. The van der Waals surface area contributed by atoms with E-state index >= 15 is 0 Å². The van der Waals surface area contributed by atoms with Gasteiger partial charge < -0.3 is 0 Å². The number of hydrogen-bond donors (Lipinski definition) is 0. The van der Waals surface area contributed by atoms with E-state index in [1.165, 1.54) is 3.57 Å². The first-order valence-electron chi connectivity index (χ1n) is 3.03. The number of aromatic nitrogens is 2. The minimum atomic E-state index is -0.940. The molecule has 6 heteroatoms. The average Bonchev–Trinajstić information content (AvgIpc) is 2.49. The molecule has 0 fully saturated rings. The molecule has 0 N–H and O–H groups in total. The molecule has 3 nitrogen and oxygen atoms in total. The number of rotatable bonds is 1. The van der Waals surface area contributed by atoms with Crippen molar-refractivity contribution in [1.29, 1.82) is 0 Å². The van der Waals surface area contributed by atoms with Crippen molar-refractivity contribution in [2.45, 2.75) is 0 Å². The molecule has 1 aromatic carbocycles. The van der Waals surface area contributed by atoms with Crippen LogP contribution < -0.4 is 0 Å². The van der Waals surface area contributed by atoms with Crippen LogP contribution in [-0.4, -0.2) is 10.3 Å². The van der Waals surface area contributed by atoms with Crippen LogP contribution in [-0.2, 0) is 0 Å². The Hall–Kier alpha value is 0.810. The third kappa shape index (κ3) is 1.84. The Morgan fingerprint density at radius 3 is 2.67 bits per heavy atom. The Labute approximate surface area is 95.4 Å². The van der Waals surface area contributed by atoms with Gasteiger partial charge in [-0.3, -0.25) is 0 Å². The summed E-state index contributed by atoms with van der Waals surface area (Å²) >= 11 is 4.07. The Morgan fingerprint density at radius 2 is 1.92 bits per heavy atom. The number of halogens is 3. The molecule has 1 heterocycles. The van der Waals surface area contributed by atoms with Crippen molar-refractivity contribution in [2.75, 3.05) is 0 Å². The first kappa shape index (κ1) is 9.37. The molecule has 0 bridgehead atoms. The molecule has 1 aromatic heterocycles. The van der Waals surface area contributed by atoms with Crippen LogP contribution >= 0.6 is 49.1 Å². The zero-order valence-electron chi connectivity index (χ0n) is 5.67. The molecule has 0 unspecified atom stereocenters. The predicted octanol–water partition coefficient (Wildman–Crippen LogP) is 3.60. The third-order valence-electron chi connectivity index (χ3n) is 1.38. The molecule has 64 valence electrons. The Balaban J connectivity index is 2.60. The normalized spacial score (nSPS) is 12.0. The maximum absolute atomic E-state index is 4.61. The molecule has 0 radical (unpaired) electrons. The summed E-state index contributed by atoms with van der Waals surface area (Å²) in [5.74, 6) is 0. The summed E-state index contributed by atoms with van der Waals surface area (Å²) in [7, 11) is 0. The molecule has 0 saturated carbocycles. The second-order valence-electron chi connectivity index (χ2n) is 2.09. The summed E-state index contributed by atoms with van der Waals surface area (Å²) in [6, 6.07) is 6.13. The summed E-state index contributed by atoms with van der Waals surface area (Å²) in [4.78, 5) is 0. The summed E-state index contributed by atoms with van der Waals surface area (Å²) in [5.41, 5.74) is 1.70. The Kier molecular flexibility index (Phi) is 3.05. The van der Waals surface area contributed by atoms with Crippen molar-refractivity contribution in [3.05, 3.63) is 21.8 Å². The van der Waals surface area contributed by atoms with E-state index in [0.29, 0.717) is 0 Å². The van der Waals surface area contributed by atoms with Crippen LogP contribution in [0.1, 0.15) is 0 Å². The Bertz CT molecular complexity index is 400. The molecule has 0 aliphatic rings. The fraction of sp³-hybridized carbons (Fsp3) is 0. The topological polar surface area (TPSA) is 38.9 Å². The summed E-state index contributed by atoms with van der Waals surface area (Å²) in [5, 5.41) is 7.54. The van der Waals surface area contributed by atoms with Gasteiger partial charge >= 0.3 is 96.8 Å². The van der Waals surface area contributed by atoms with E-state index in [0.717, 1.165) is 11.0 Å². The molecule has 0 aliphatic carbocycles. The molecular formula is C6H3I3N2O. The zero-order valence-corrected chi connectivity index (χ0v) is 12.1. The standard InChI is InChI=1S/C6H3I3N2O/c7-9(8)4-1-2-5-6(3-4)11-12-10-5/h1-3H. The first-order valence-corrected chi connectivity index (χ1v) is 16.7. The predicted molar refractivity (Wildman–Crippen MR) is 72.6 cm³/mol. The molecule has 2 aromatic rings. The SMILES string of the molecule is II(I)c1ccc2nonc2c1. The molecule has 12 heavy (non-hydrogen) atoms. The molecule has 2 rings (SSSR count). The van der Waals surface area contributed by atoms with Gasteiger partial charge in [0.15, 0.2) is 0 Å². The van der Waals surface area contributed by atoms with Crippen LogP contribution in [0.5, 0.6) is 0 Å². The average molecular weight is 500 g/mol. The van der Waals surface area contributed by atoms with E-state index in [-0.39, 0.29) is 0 Å². The number of hydrogen-bond acceptors (Lipinski definition) is 3. The van der Waals surface area contributed by atoms with Gasteiger partial charge in [0.1, 0.15) is 0 Å². The second-order valence-corrected chi connectivity index (χ2v) is 25.9. The number of benzene rings is 1. The van der Waals surface area contributed by atoms with Crippen LogP contribution in [0.2, 0.25) is 0 Å². The fourth-order valence-electron chi connectivity index (χ4n) is 0.844. The van der Waals surface area contributed by atoms with Gasteiger partial charge in [-0.1, -0.05) is 0 Å². The van der Waals surface area contributed by atoms with Gasteiger partial charge in [0.2, 0.25) is 0 Å². The fourth-order valence-corrected chi connectivity index (χ4v) is 5.23. The van der Waals surface area contributed by atoms with E-state index in [1.807, 2.05) is 6.07 Å². The van der Waals surface area contributed by atoms with Crippen molar-refractivity contribution < 1.29 is 4.63 Å². The first-order chi connectivity index (χ1) is 5.77. The van der Waals surface area contributed by atoms with Gasteiger partial charge in [-0.2, -0.15) is 0 Å². The van der Waals surface area contributed by atoms with Gasteiger partial charge in [-0.05, 0) is 0 Å². The van der Waals surface area contributed by atoms with Crippen molar-refractivity contribution in [2.24, 2.45) is 0 Å². The van der Waals surface area contributed by atoms with Crippen molar-refractivity contribution in [1.82, 2.24) is 10.3 Å². The zero-order chi connectivity index (χ0) is 8.55. The van der Waals surface area contributed by atoms with E-state index in [1.54, 1.807) is 0 Å². The van der Waals surface area contributed by atoms with Crippen molar-refractivity contribution in [3.63, 3.8) is 0 Å². The Morgan fingerprint density at radius 1 is 1.17 bits per heavy atom. The van der Waals surface area contributed by atoms with E-state index in [4.69, 9.17) is 0 Å². The van der Waals surface area contributed by atoms with Gasteiger partial charge in [-0.15, -0.1) is 0 Å². The van der Waals surface area contributed by atoms with Crippen molar-refractivity contribution in [3.8, 4) is 0 Å². The summed E-state index contributed by atoms with van der Waals surface area (Å²) in [6.45, 7) is 0. The molecule has 0 aliphatic heterocycles. The van der Waals surface area contributed by atoms with E-state index in [2.05, 4.69) is 64.3 Å². The monoisotopic (exact) mass is 500 g/mol. The van der Waals surface area contributed by atoms with Crippen LogP contribution in [0.3, 0.4) is 0 Å². The second kappa shape index (κ2) is 3.90. The minimum absolute atomic E-state index is 0.837. The maximum atomic E-state index is 4.61. The number of nitrogens with zero attached hydrogens (tertiary/aromatic N) is 2. The van der Waals surface area contributed by atoms with Crippen LogP contribution in [0, 0.1) is 3.57 Å². The quantitative estimate of drug-likeness (QED) is 0.563. The van der Waals surface area contributed by atoms with Gasteiger partial charge in [-0.25, -0.2) is 0 Å². The molecular weight excluding hydrogens is 497 g/mol. The molecule has 0 spiro atoms.